The van der Waals surface area contributed by atoms with Crippen molar-refractivity contribution < 1.29 is 19.2 Å². The monoisotopic (exact) mass is 638 g/mol. The molecule has 0 aromatic heterocycles. The molecule has 3 aromatic rings. The third-order valence-corrected chi connectivity index (χ3v) is 7.71. The van der Waals surface area contributed by atoms with Crippen LogP contribution in [0.5, 0.6) is 0 Å². The van der Waals surface area contributed by atoms with Crippen molar-refractivity contribution >= 4 is 64.0 Å². The summed E-state index contributed by atoms with van der Waals surface area (Å²) in [5.41, 5.74) is 3.45. The number of urea groups is 1. The van der Waals surface area contributed by atoms with Gasteiger partial charge in [0.05, 0.1) is 15.7 Å². The first-order valence-electron chi connectivity index (χ1n) is 14.5. The lowest BCUT2D eigenvalue weighted by Gasteiger charge is -2.36. The van der Waals surface area contributed by atoms with Gasteiger partial charge in [-0.25, -0.2) is 4.79 Å². The van der Waals surface area contributed by atoms with Gasteiger partial charge in [0.25, 0.3) is 5.91 Å². The van der Waals surface area contributed by atoms with Crippen LogP contribution in [-0.2, 0) is 16.0 Å². The summed E-state index contributed by atoms with van der Waals surface area (Å²) in [7, 11) is 0. The van der Waals surface area contributed by atoms with Gasteiger partial charge in [-0.05, 0) is 54.8 Å². The van der Waals surface area contributed by atoms with E-state index in [9.17, 15) is 19.2 Å². The highest BCUT2D eigenvalue weighted by molar-refractivity contribution is 6.40. The molecule has 232 valence electrons. The molecule has 1 saturated heterocycles. The molecule has 0 atom stereocenters. The summed E-state index contributed by atoms with van der Waals surface area (Å²) in [5.74, 6) is -0.596. The van der Waals surface area contributed by atoms with Gasteiger partial charge in [0.2, 0.25) is 11.8 Å². The summed E-state index contributed by atoms with van der Waals surface area (Å²) in [6, 6.07) is 20.4. The number of hydrogen-bond acceptors (Lipinski definition) is 5. The van der Waals surface area contributed by atoms with Gasteiger partial charge in [0.1, 0.15) is 0 Å². The first kappa shape index (κ1) is 32.6. The van der Waals surface area contributed by atoms with Gasteiger partial charge < -0.3 is 31.1 Å². The second kappa shape index (κ2) is 16.0. The van der Waals surface area contributed by atoms with E-state index in [1.54, 1.807) is 4.90 Å². The van der Waals surface area contributed by atoms with Crippen molar-refractivity contribution in [3.8, 4) is 0 Å². The maximum Gasteiger partial charge on any atom is 0.322 e. The van der Waals surface area contributed by atoms with E-state index in [0.717, 1.165) is 24.2 Å². The first-order valence-corrected chi connectivity index (χ1v) is 15.2. The van der Waals surface area contributed by atoms with Crippen molar-refractivity contribution in [3.63, 3.8) is 0 Å². The average molecular weight is 640 g/mol. The zero-order chi connectivity index (χ0) is 31.5. The molecule has 1 fully saturated rings. The number of benzene rings is 3. The average Bonchev–Trinajstić information content (AvgIpc) is 3.01. The van der Waals surface area contributed by atoms with Gasteiger partial charge in [0.15, 0.2) is 0 Å². The molecule has 1 aliphatic heterocycles. The number of carbonyl (C=O) groups excluding carboxylic acids is 4. The fourth-order valence-electron chi connectivity index (χ4n) is 4.77. The smallest absolute Gasteiger partial charge is 0.322 e. The Morgan fingerprint density at radius 3 is 2.07 bits per heavy atom. The number of carbonyl (C=O) groups is 4. The maximum absolute atomic E-state index is 13.0. The molecule has 3 aromatic carbocycles. The van der Waals surface area contributed by atoms with E-state index in [1.165, 1.54) is 24.6 Å². The Kier molecular flexibility index (Phi) is 11.8. The van der Waals surface area contributed by atoms with E-state index in [2.05, 4.69) is 38.3 Å². The maximum atomic E-state index is 13.0. The van der Waals surface area contributed by atoms with E-state index >= 15 is 0 Å². The Labute approximate surface area is 267 Å². The van der Waals surface area contributed by atoms with Crippen molar-refractivity contribution in [2.45, 2.75) is 26.2 Å². The fourth-order valence-corrected chi connectivity index (χ4v) is 5.35. The molecule has 0 bridgehead atoms. The minimum absolute atomic E-state index is 0.00915. The molecule has 0 unspecified atom stereocenters. The SMILES string of the molecule is CC(=O)NCCNC(=O)c1cc(Cl)c(NC(=O)N2CCN(c3ccc(NC(=O)CCCc4ccccc4)cc3)CC2)c(Cl)c1. The van der Waals surface area contributed by atoms with Gasteiger partial charge in [-0.1, -0.05) is 53.5 Å². The number of piperazine rings is 1. The summed E-state index contributed by atoms with van der Waals surface area (Å²) in [6.07, 6.45) is 2.11. The predicted octanol–water partition coefficient (Wildman–Crippen LogP) is 5.17. The van der Waals surface area contributed by atoms with E-state index in [4.69, 9.17) is 23.2 Å². The fraction of sp³-hybridized carbons (Fsp3) is 0.312. The molecule has 1 aliphatic rings. The van der Waals surface area contributed by atoms with Crippen molar-refractivity contribution in [2.75, 3.05) is 54.8 Å². The summed E-state index contributed by atoms with van der Waals surface area (Å²) in [5, 5.41) is 11.3. The van der Waals surface area contributed by atoms with Crippen molar-refractivity contribution in [1.82, 2.24) is 15.5 Å². The Morgan fingerprint density at radius 2 is 1.43 bits per heavy atom. The summed E-state index contributed by atoms with van der Waals surface area (Å²) < 4.78 is 0. The number of rotatable bonds is 11. The van der Waals surface area contributed by atoms with Crippen LogP contribution in [0.3, 0.4) is 0 Å². The zero-order valence-corrected chi connectivity index (χ0v) is 26.0. The minimum atomic E-state index is -0.401. The molecule has 4 N–H and O–H groups in total. The Morgan fingerprint density at radius 1 is 0.795 bits per heavy atom. The molecule has 44 heavy (non-hydrogen) atoms. The van der Waals surface area contributed by atoms with Crippen LogP contribution in [0.2, 0.25) is 10.0 Å². The van der Waals surface area contributed by atoms with Crippen LogP contribution in [-0.4, -0.2) is 67.9 Å². The second-order valence-corrected chi connectivity index (χ2v) is 11.2. The number of anilines is 3. The van der Waals surface area contributed by atoms with Crippen LogP contribution < -0.4 is 26.2 Å². The van der Waals surface area contributed by atoms with Crippen LogP contribution in [0.25, 0.3) is 0 Å². The largest absolute Gasteiger partial charge is 0.368 e. The van der Waals surface area contributed by atoms with Crippen LogP contribution in [0.1, 0.15) is 35.7 Å². The van der Waals surface area contributed by atoms with Crippen molar-refractivity contribution in [3.05, 3.63) is 87.9 Å². The lowest BCUT2D eigenvalue weighted by atomic mass is 10.1. The summed E-state index contributed by atoms with van der Waals surface area (Å²) in [6.45, 7) is 4.14. The van der Waals surface area contributed by atoms with E-state index in [-0.39, 0.29) is 45.7 Å². The number of nitrogens with zero attached hydrogens (tertiary/aromatic N) is 2. The van der Waals surface area contributed by atoms with Crippen LogP contribution in [0.15, 0.2) is 66.7 Å². The van der Waals surface area contributed by atoms with Crippen LogP contribution >= 0.6 is 23.2 Å². The zero-order valence-electron chi connectivity index (χ0n) is 24.5. The Bertz CT molecular complexity index is 1440. The molecule has 0 aliphatic carbocycles. The quantitative estimate of drug-likeness (QED) is 0.216. The van der Waals surface area contributed by atoms with Crippen LogP contribution in [0, 0.1) is 0 Å². The number of halogens is 2. The number of amides is 5. The summed E-state index contributed by atoms with van der Waals surface area (Å²) in [4.78, 5) is 52.6. The first-order chi connectivity index (χ1) is 21.2. The molecule has 0 radical (unpaired) electrons. The third-order valence-electron chi connectivity index (χ3n) is 7.12. The van der Waals surface area contributed by atoms with E-state index in [1.807, 2.05) is 42.5 Å². The molecule has 0 saturated carbocycles. The molecule has 12 heteroatoms. The van der Waals surface area contributed by atoms with Gasteiger partial charge in [-0.15, -0.1) is 0 Å². The van der Waals surface area contributed by atoms with E-state index in [0.29, 0.717) is 39.1 Å². The normalized spacial score (nSPS) is 12.8. The van der Waals surface area contributed by atoms with Gasteiger partial charge in [0, 0.05) is 69.6 Å². The second-order valence-electron chi connectivity index (χ2n) is 10.4. The number of hydrogen-bond donors (Lipinski definition) is 4. The van der Waals surface area contributed by atoms with Crippen molar-refractivity contribution in [1.29, 1.82) is 0 Å². The highest BCUT2D eigenvalue weighted by Gasteiger charge is 2.23. The minimum Gasteiger partial charge on any atom is -0.368 e. The summed E-state index contributed by atoms with van der Waals surface area (Å²) >= 11 is 12.7. The standard InChI is InChI=1S/C32H36Cl2N6O4/c1-22(41)35-14-15-36-31(43)24-20-27(33)30(28(34)21-24)38-32(44)40-18-16-39(17-19-40)26-12-10-25(11-13-26)37-29(42)9-5-8-23-6-3-2-4-7-23/h2-4,6-7,10-13,20-21H,5,8-9,14-19H2,1H3,(H,35,41)(H,36,43)(H,37,42)(H,38,44). The molecule has 5 amide bonds. The highest BCUT2D eigenvalue weighted by atomic mass is 35.5. The van der Waals surface area contributed by atoms with Gasteiger partial charge >= 0.3 is 6.03 Å². The molecule has 4 rings (SSSR count). The van der Waals surface area contributed by atoms with Crippen LogP contribution in [0.4, 0.5) is 21.9 Å². The Hall–Kier alpha value is -4.28. The van der Waals surface area contributed by atoms with Gasteiger partial charge in [-0.3, -0.25) is 14.4 Å². The molecule has 10 nitrogen and oxygen atoms in total. The number of nitrogens with one attached hydrogen (secondary N) is 4. The van der Waals surface area contributed by atoms with Gasteiger partial charge in [-0.2, -0.15) is 0 Å². The predicted molar refractivity (Wildman–Crippen MR) is 175 cm³/mol. The molecule has 1 heterocycles. The lowest BCUT2D eigenvalue weighted by molar-refractivity contribution is -0.119. The topological polar surface area (TPSA) is 123 Å². The molecular formula is C32H36Cl2N6O4. The molecular weight excluding hydrogens is 603 g/mol. The molecule has 0 spiro atoms. The third kappa shape index (κ3) is 9.62. The number of aryl methyl sites for hydroxylation is 1. The van der Waals surface area contributed by atoms with E-state index < -0.39 is 5.91 Å². The van der Waals surface area contributed by atoms with Crippen molar-refractivity contribution in [2.24, 2.45) is 0 Å². The lowest BCUT2D eigenvalue weighted by Crippen LogP contribution is -2.50. The highest BCUT2D eigenvalue weighted by Crippen LogP contribution is 2.32. The Balaban J connectivity index is 1.22.